The fraction of sp³-hybridized carbons (Fsp3) is 0.296. The molecule has 1 saturated carbocycles. The quantitative estimate of drug-likeness (QED) is 0.181. The predicted molar refractivity (Wildman–Crippen MR) is 118 cm³/mol. The van der Waals surface area contributed by atoms with Crippen LogP contribution in [0.4, 0.5) is 17.6 Å². The van der Waals surface area contributed by atoms with Crippen LogP contribution in [0.15, 0.2) is 42.5 Å². The molecule has 1 fully saturated rings. The number of hydrogen-bond donors (Lipinski definition) is 0. The van der Waals surface area contributed by atoms with Crippen LogP contribution in [-0.2, 0) is 0 Å². The molecule has 0 N–H and O–H groups in total. The molecule has 0 heterocycles. The van der Waals surface area contributed by atoms with Crippen LogP contribution < -0.4 is 4.74 Å². The first-order chi connectivity index (χ1) is 15.8. The van der Waals surface area contributed by atoms with Gasteiger partial charge in [0, 0.05) is 11.5 Å². The molecule has 2 nitrogen and oxygen atoms in total. The Bertz CT molecular complexity index is 1240. The van der Waals surface area contributed by atoms with Crippen LogP contribution >= 0.6 is 0 Å². The molecule has 3 aromatic carbocycles. The average Bonchev–Trinajstić information content (AvgIpc) is 2.78. The number of benzene rings is 3. The van der Waals surface area contributed by atoms with E-state index < -0.39 is 34.8 Å². The van der Waals surface area contributed by atoms with Crippen LogP contribution in [0.3, 0.4) is 0 Å². The molecular formula is C27H22F4O2. The third-order valence-corrected chi connectivity index (χ3v) is 6.15. The molecule has 0 saturated heterocycles. The minimum Gasteiger partial charge on any atom is -0.423 e. The maximum absolute atomic E-state index is 14.6. The Hall–Kier alpha value is -3.33. The molecule has 1 aliphatic carbocycles. The summed E-state index contributed by atoms with van der Waals surface area (Å²) in [6.07, 6.45) is 5.33. The van der Waals surface area contributed by atoms with Crippen molar-refractivity contribution in [2.45, 2.75) is 39.0 Å². The van der Waals surface area contributed by atoms with Gasteiger partial charge in [-0.3, -0.25) is 0 Å². The van der Waals surface area contributed by atoms with Crippen molar-refractivity contribution in [3.8, 4) is 17.6 Å². The van der Waals surface area contributed by atoms with E-state index in [1.165, 1.54) is 18.2 Å². The Morgan fingerprint density at radius 2 is 1.52 bits per heavy atom. The standard InChI is InChI=1S/C27H22F4O2/c1-2-16-3-5-17(6-4-16)7-8-18-11-24(30)26(25(31)12-18)27(32)33-21-10-9-19-14-22(28)23(29)15-20(19)13-21/h9-17H,2-6H2,1H3. The largest absolute Gasteiger partial charge is 0.423 e. The Kier molecular flexibility index (Phi) is 6.69. The highest BCUT2D eigenvalue weighted by molar-refractivity contribution is 5.93. The molecule has 3 aromatic rings. The lowest BCUT2D eigenvalue weighted by Crippen LogP contribution is -2.14. The van der Waals surface area contributed by atoms with Crippen molar-refractivity contribution in [1.29, 1.82) is 0 Å². The molecule has 170 valence electrons. The lowest BCUT2D eigenvalue weighted by molar-refractivity contribution is 0.0725. The van der Waals surface area contributed by atoms with Gasteiger partial charge in [-0.15, -0.1) is 0 Å². The molecule has 1 aliphatic rings. The maximum atomic E-state index is 14.6. The molecule has 0 spiro atoms. The summed E-state index contributed by atoms with van der Waals surface area (Å²) >= 11 is 0. The summed E-state index contributed by atoms with van der Waals surface area (Å²) < 4.78 is 61.1. The van der Waals surface area contributed by atoms with E-state index in [1.54, 1.807) is 0 Å². The summed E-state index contributed by atoms with van der Waals surface area (Å²) in [5.74, 6) is 1.35. The number of hydrogen-bond acceptors (Lipinski definition) is 2. The van der Waals surface area contributed by atoms with Gasteiger partial charge in [0.05, 0.1) is 0 Å². The molecule has 4 rings (SSSR count). The minimum atomic E-state index is -1.23. The summed E-state index contributed by atoms with van der Waals surface area (Å²) in [7, 11) is 0. The molecule has 0 unspecified atom stereocenters. The van der Waals surface area contributed by atoms with Gasteiger partial charge < -0.3 is 4.74 Å². The second kappa shape index (κ2) is 9.66. The van der Waals surface area contributed by atoms with Crippen molar-refractivity contribution in [3.63, 3.8) is 0 Å². The van der Waals surface area contributed by atoms with Gasteiger partial charge in [-0.05, 0) is 78.8 Å². The topological polar surface area (TPSA) is 26.3 Å². The van der Waals surface area contributed by atoms with E-state index >= 15 is 0 Å². The Labute approximate surface area is 189 Å². The van der Waals surface area contributed by atoms with Gasteiger partial charge in [-0.2, -0.15) is 0 Å². The zero-order valence-electron chi connectivity index (χ0n) is 18.1. The van der Waals surface area contributed by atoms with E-state index in [4.69, 9.17) is 4.74 Å². The number of esters is 1. The Balaban J connectivity index is 1.50. The molecule has 0 amide bonds. The van der Waals surface area contributed by atoms with Crippen LogP contribution in [0.1, 0.15) is 54.9 Å². The van der Waals surface area contributed by atoms with Crippen LogP contribution in [0.25, 0.3) is 10.8 Å². The highest BCUT2D eigenvalue weighted by Gasteiger charge is 2.22. The fourth-order valence-corrected chi connectivity index (χ4v) is 4.18. The summed E-state index contributed by atoms with van der Waals surface area (Å²) in [6.45, 7) is 2.18. The van der Waals surface area contributed by atoms with Crippen molar-refractivity contribution in [3.05, 3.63) is 76.9 Å². The first-order valence-corrected chi connectivity index (χ1v) is 11.0. The molecule has 33 heavy (non-hydrogen) atoms. The van der Waals surface area contributed by atoms with Gasteiger partial charge in [0.2, 0.25) is 0 Å². The van der Waals surface area contributed by atoms with Gasteiger partial charge in [0.25, 0.3) is 0 Å². The van der Waals surface area contributed by atoms with Crippen LogP contribution in [-0.4, -0.2) is 5.97 Å². The molecule has 0 aliphatic heterocycles. The number of ether oxygens (including phenoxy) is 1. The second-order valence-electron chi connectivity index (χ2n) is 8.37. The van der Waals surface area contributed by atoms with Gasteiger partial charge in [-0.1, -0.05) is 31.3 Å². The Morgan fingerprint density at radius 1 is 0.879 bits per heavy atom. The first-order valence-electron chi connectivity index (χ1n) is 11.0. The number of rotatable bonds is 3. The number of fused-ring (bicyclic) bond motifs is 1. The maximum Gasteiger partial charge on any atom is 0.349 e. The molecule has 0 aromatic heterocycles. The molecular weight excluding hydrogens is 432 g/mol. The number of carbonyl (C=O) groups excluding carboxylic acids is 1. The summed E-state index contributed by atoms with van der Waals surface area (Å²) in [4.78, 5) is 12.4. The highest BCUT2D eigenvalue weighted by Crippen LogP contribution is 2.30. The van der Waals surface area contributed by atoms with Crippen molar-refractivity contribution in [2.75, 3.05) is 0 Å². The third kappa shape index (κ3) is 5.19. The smallest absolute Gasteiger partial charge is 0.349 e. The Morgan fingerprint density at radius 3 is 2.15 bits per heavy atom. The predicted octanol–water partition coefficient (Wildman–Crippen LogP) is 7.18. The van der Waals surface area contributed by atoms with E-state index in [0.29, 0.717) is 5.39 Å². The van der Waals surface area contributed by atoms with Crippen molar-refractivity contribution in [1.82, 2.24) is 0 Å². The summed E-state index contributed by atoms with van der Waals surface area (Å²) in [6, 6.07) is 8.03. The normalized spacial score (nSPS) is 18.0. The van der Waals surface area contributed by atoms with E-state index in [9.17, 15) is 22.4 Å². The van der Waals surface area contributed by atoms with Gasteiger partial charge in [-0.25, -0.2) is 22.4 Å². The van der Waals surface area contributed by atoms with Crippen LogP contribution in [0.5, 0.6) is 5.75 Å². The molecule has 0 atom stereocenters. The lowest BCUT2D eigenvalue weighted by atomic mass is 9.81. The number of halogens is 4. The minimum absolute atomic E-state index is 0.0520. The fourth-order valence-electron chi connectivity index (χ4n) is 4.18. The van der Waals surface area contributed by atoms with Crippen LogP contribution in [0.2, 0.25) is 0 Å². The van der Waals surface area contributed by atoms with E-state index in [1.807, 2.05) is 0 Å². The van der Waals surface area contributed by atoms with E-state index in [0.717, 1.165) is 62.3 Å². The average molecular weight is 454 g/mol. The van der Waals surface area contributed by atoms with Gasteiger partial charge >= 0.3 is 5.97 Å². The SMILES string of the molecule is CCC1CCC(C#Cc2cc(F)c(C(=O)Oc3ccc4cc(F)c(F)cc4c3)c(F)c2)CC1. The lowest BCUT2D eigenvalue weighted by Gasteiger charge is -2.24. The van der Waals surface area contributed by atoms with Crippen LogP contribution in [0, 0.1) is 46.9 Å². The molecule has 0 bridgehead atoms. The molecule has 0 radical (unpaired) electrons. The number of carbonyl (C=O) groups is 1. The zero-order chi connectivity index (χ0) is 23.5. The highest BCUT2D eigenvalue weighted by atomic mass is 19.2. The second-order valence-corrected chi connectivity index (χ2v) is 8.37. The van der Waals surface area contributed by atoms with Gasteiger partial charge in [0.15, 0.2) is 11.6 Å². The van der Waals surface area contributed by atoms with Crippen molar-refractivity contribution < 1.29 is 27.1 Å². The summed E-state index contributed by atoms with van der Waals surface area (Å²) in [5, 5.41) is 0.663. The van der Waals surface area contributed by atoms with Crippen molar-refractivity contribution >= 4 is 16.7 Å². The zero-order valence-corrected chi connectivity index (χ0v) is 18.1. The monoisotopic (exact) mass is 454 g/mol. The van der Waals surface area contributed by atoms with Crippen molar-refractivity contribution in [2.24, 2.45) is 11.8 Å². The summed E-state index contributed by atoms with van der Waals surface area (Å²) in [5.41, 5.74) is -0.684. The van der Waals surface area contributed by atoms with E-state index in [2.05, 4.69) is 18.8 Å². The first kappa shape index (κ1) is 22.8. The van der Waals surface area contributed by atoms with E-state index in [-0.39, 0.29) is 22.6 Å². The third-order valence-electron chi connectivity index (χ3n) is 6.15. The molecule has 6 heteroatoms. The van der Waals surface area contributed by atoms with Gasteiger partial charge in [0.1, 0.15) is 22.9 Å².